The number of hydrogen-bond acceptors (Lipinski definition) is 6. The highest BCUT2D eigenvalue weighted by molar-refractivity contribution is 7.70. The molecule has 178 valence electrons. The molecule has 1 unspecified atom stereocenters. The Hall–Kier alpha value is -2.80. The van der Waals surface area contributed by atoms with E-state index in [9.17, 15) is 17.7 Å². The minimum absolute atomic E-state index is 0.0294. The zero-order chi connectivity index (χ0) is 24.7. The van der Waals surface area contributed by atoms with Crippen LogP contribution in [0.4, 0.5) is 30.4 Å². The molecule has 1 aromatic heterocycles. The lowest BCUT2D eigenvalue weighted by Crippen LogP contribution is -2.19. The van der Waals surface area contributed by atoms with Gasteiger partial charge in [-0.25, -0.2) is 9.97 Å². The van der Waals surface area contributed by atoms with E-state index in [1.165, 1.54) is 6.07 Å². The molecule has 0 spiro atoms. The van der Waals surface area contributed by atoms with E-state index in [-0.39, 0.29) is 11.7 Å². The highest BCUT2D eigenvalue weighted by Crippen LogP contribution is 2.40. The molecule has 0 aliphatic heterocycles. The number of anilines is 3. The van der Waals surface area contributed by atoms with Gasteiger partial charge in [0.15, 0.2) is 0 Å². The van der Waals surface area contributed by atoms with Crippen LogP contribution >= 0.6 is 7.14 Å². The normalized spacial score (nSPS) is 13.4. The standard InChI is InChI=1S/C23H29F3N5OP/c1-12(2)28-20-11-19-18(10-21(20)33(5,6)32)22(31-14(4)30-19)29-13(3)15-7-16(23(24,25)26)9-17(27)8-15/h7-13,28H,27H2,1-6H3,(H,29,30,31). The Morgan fingerprint density at radius 2 is 1.67 bits per heavy atom. The summed E-state index contributed by atoms with van der Waals surface area (Å²) in [6.45, 7) is 10.8. The molecule has 3 rings (SSSR count). The molecule has 0 bridgehead atoms. The minimum Gasteiger partial charge on any atom is -0.399 e. The summed E-state index contributed by atoms with van der Waals surface area (Å²) in [5.74, 6) is 0.951. The summed E-state index contributed by atoms with van der Waals surface area (Å²) in [6.07, 6.45) is -4.50. The number of nitrogens with one attached hydrogen (secondary N) is 2. The maximum Gasteiger partial charge on any atom is 0.416 e. The van der Waals surface area contributed by atoms with Crippen molar-refractivity contribution in [2.24, 2.45) is 0 Å². The number of nitrogen functional groups attached to an aromatic ring is 1. The third kappa shape index (κ3) is 5.77. The molecule has 10 heteroatoms. The van der Waals surface area contributed by atoms with Crippen LogP contribution in [-0.2, 0) is 10.7 Å². The molecule has 6 nitrogen and oxygen atoms in total. The average Bonchev–Trinajstić information content (AvgIpc) is 2.64. The van der Waals surface area contributed by atoms with Gasteiger partial charge in [0.2, 0.25) is 0 Å². The van der Waals surface area contributed by atoms with Crippen LogP contribution in [0.2, 0.25) is 0 Å². The summed E-state index contributed by atoms with van der Waals surface area (Å²) in [6, 6.07) is 6.74. The highest BCUT2D eigenvalue weighted by Gasteiger charge is 2.31. The van der Waals surface area contributed by atoms with Crippen LogP contribution in [0.15, 0.2) is 30.3 Å². The predicted molar refractivity (Wildman–Crippen MR) is 130 cm³/mol. The number of alkyl halides is 3. The summed E-state index contributed by atoms with van der Waals surface area (Å²) in [5, 5.41) is 7.84. The molecule has 4 N–H and O–H groups in total. The molecule has 1 atom stereocenters. The molecule has 0 radical (unpaired) electrons. The maximum absolute atomic E-state index is 13.3. The molecular formula is C23H29F3N5OP. The van der Waals surface area contributed by atoms with E-state index >= 15 is 0 Å². The lowest BCUT2D eigenvalue weighted by Gasteiger charge is -2.21. The number of nitrogens with two attached hydrogens (primary N) is 1. The van der Waals surface area contributed by atoms with Crippen molar-refractivity contribution >= 4 is 40.5 Å². The van der Waals surface area contributed by atoms with E-state index in [4.69, 9.17) is 5.73 Å². The second-order valence-electron chi connectivity index (χ2n) is 8.91. The van der Waals surface area contributed by atoms with Crippen molar-refractivity contribution in [3.63, 3.8) is 0 Å². The third-order valence-electron chi connectivity index (χ3n) is 5.11. The van der Waals surface area contributed by atoms with Crippen molar-refractivity contribution in [2.45, 2.75) is 46.0 Å². The predicted octanol–water partition coefficient (Wildman–Crippen LogP) is 5.78. The van der Waals surface area contributed by atoms with Gasteiger partial charge in [0.1, 0.15) is 18.8 Å². The molecule has 0 aliphatic rings. The molecule has 0 amide bonds. The van der Waals surface area contributed by atoms with Crippen LogP contribution in [0.3, 0.4) is 0 Å². The number of aromatic nitrogens is 2. The number of aryl methyl sites for hydroxylation is 1. The average molecular weight is 479 g/mol. The largest absolute Gasteiger partial charge is 0.416 e. The van der Waals surface area contributed by atoms with Gasteiger partial charge in [-0.05, 0) is 76.9 Å². The van der Waals surface area contributed by atoms with E-state index in [0.717, 1.165) is 17.8 Å². The molecular weight excluding hydrogens is 450 g/mol. The molecule has 3 aromatic rings. The molecule has 0 fully saturated rings. The molecule has 0 aliphatic carbocycles. The summed E-state index contributed by atoms with van der Waals surface area (Å²) < 4.78 is 52.8. The first kappa shape index (κ1) is 24.8. The van der Waals surface area contributed by atoms with E-state index in [1.54, 1.807) is 33.2 Å². The lowest BCUT2D eigenvalue weighted by molar-refractivity contribution is -0.137. The number of hydrogen-bond donors (Lipinski definition) is 3. The fraction of sp³-hybridized carbons (Fsp3) is 0.391. The SMILES string of the molecule is Cc1nc(NC(C)c2cc(N)cc(C(F)(F)F)c2)c2cc(P(C)(C)=O)c(NC(C)C)cc2n1. The van der Waals surface area contributed by atoms with Crippen molar-refractivity contribution in [1.82, 2.24) is 9.97 Å². The van der Waals surface area contributed by atoms with Crippen molar-refractivity contribution in [3.05, 3.63) is 47.3 Å². The summed E-state index contributed by atoms with van der Waals surface area (Å²) >= 11 is 0. The van der Waals surface area contributed by atoms with Crippen LogP contribution in [0.1, 0.15) is 43.8 Å². The lowest BCUT2D eigenvalue weighted by atomic mass is 10.0. The molecule has 2 aromatic carbocycles. The van der Waals surface area contributed by atoms with Gasteiger partial charge in [0.25, 0.3) is 0 Å². The molecule has 1 heterocycles. The van der Waals surface area contributed by atoms with E-state index < -0.39 is 24.9 Å². The first-order valence-corrected chi connectivity index (χ1v) is 13.1. The van der Waals surface area contributed by atoms with Crippen LogP contribution < -0.4 is 21.7 Å². The second-order valence-corrected chi connectivity index (χ2v) is 12.1. The zero-order valence-electron chi connectivity index (χ0n) is 19.5. The van der Waals surface area contributed by atoms with Crippen molar-refractivity contribution in [1.29, 1.82) is 0 Å². The Bertz CT molecular complexity index is 1240. The van der Waals surface area contributed by atoms with Crippen molar-refractivity contribution < 1.29 is 17.7 Å². The van der Waals surface area contributed by atoms with Crippen molar-refractivity contribution in [2.75, 3.05) is 29.7 Å². The maximum atomic E-state index is 13.3. The number of halogens is 3. The van der Waals surface area contributed by atoms with Crippen LogP contribution in [0.5, 0.6) is 0 Å². The molecule has 0 saturated carbocycles. The molecule has 0 saturated heterocycles. The fourth-order valence-electron chi connectivity index (χ4n) is 3.64. The van der Waals surface area contributed by atoms with E-state index in [0.29, 0.717) is 33.4 Å². The van der Waals surface area contributed by atoms with Gasteiger partial charge in [-0.15, -0.1) is 0 Å². The Morgan fingerprint density at radius 3 is 2.24 bits per heavy atom. The van der Waals surface area contributed by atoms with Crippen LogP contribution in [-0.4, -0.2) is 29.3 Å². The monoisotopic (exact) mass is 479 g/mol. The fourth-order valence-corrected chi connectivity index (χ4v) is 4.79. The Balaban J connectivity index is 2.12. The minimum atomic E-state index is -4.50. The number of rotatable bonds is 6. The second kappa shape index (κ2) is 8.86. The number of fused-ring (bicyclic) bond motifs is 1. The number of nitrogens with zero attached hydrogens (tertiary/aromatic N) is 2. The quantitative estimate of drug-likeness (QED) is 0.307. The first-order valence-electron chi connectivity index (χ1n) is 10.5. The Morgan fingerprint density at radius 1 is 1.00 bits per heavy atom. The van der Waals surface area contributed by atoms with Crippen molar-refractivity contribution in [3.8, 4) is 0 Å². The van der Waals surface area contributed by atoms with Gasteiger partial charge in [-0.2, -0.15) is 13.2 Å². The number of benzene rings is 2. The smallest absolute Gasteiger partial charge is 0.399 e. The van der Waals surface area contributed by atoms with Gasteiger partial charge < -0.3 is 20.9 Å². The van der Waals surface area contributed by atoms with Crippen LogP contribution in [0, 0.1) is 6.92 Å². The third-order valence-corrected chi connectivity index (χ3v) is 6.64. The highest BCUT2D eigenvalue weighted by atomic mass is 31.2. The summed E-state index contributed by atoms with van der Waals surface area (Å²) in [7, 11) is -2.66. The zero-order valence-corrected chi connectivity index (χ0v) is 20.4. The Kier molecular flexibility index (Phi) is 6.67. The summed E-state index contributed by atoms with van der Waals surface area (Å²) in [5.41, 5.74) is 6.72. The van der Waals surface area contributed by atoms with Crippen LogP contribution in [0.25, 0.3) is 10.9 Å². The summed E-state index contributed by atoms with van der Waals surface area (Å²) in [4.78, 5) is 9.01. The Labute approximate surface area is 191 Å². The van der Waals surface area contributed by atoms with Gasteiger partial charge >= 0.3 is 6.18 Å². The topological polar surface area (TPSA) is 92.9 Å². The van der Waals surface area contributed by atoms with Gasteiger partial charge in [-0.1, -0.05) is 0 Å². The van der Waals surface area contributed by atoms with Gasteiger partial charge in [0, 0.05) is 28.1 Å². The van der Waals surface area contributed by atoms with E-state index in [2.05, 4.69) is 20.6 Å². The van der Waals surface area contributed by atoms with E-state index in [1.807, 2.05) is 19.9 Å². The molecule has 33 heavy (non-hydrogen) atoms. The first-order chi connectivity index (χ1) is 15.1. The van der Waals surface area contributed by atoms with Gasteiger partial charge in [0.05, 0.1) is 17.1 Å². The van der Waals surface area contributed by atoms with Gasteiger partial charge in [-0.3, -0.25) is 0 Å².